The molecule has 1 aromatic carbocycles. The molecule has 3 atom stereocenters. The van der Waals surface area contributed by atoms with Crippen LogP contribution in [0.1, 0.15) is 49.9 Å². The number of alkyl halides is 3. The predicted molar refractivity (Wildman–Crippen MR) is 142 cm³/mol. The number of aromatic nitrogens is 1. The minimum absolute atomic E-state index is 0.0491. The van der Waals surface area contributed by atoms with Crippen molar-refractivity contribution in [2.75, 3.05) is 24.7 Å². The molecule has 40 heavy (non-hydrogen) atoms. The van der Waals surface area contributed by atoms with Crippen LogP contribution >= 0.6 is 11.6 Å². The quantitative estimate of drug-likeness (QED) is 0.389. The van der Waals surface area contributed by atoms with Gasteiger partial charge >= 0.3 is 6.18 Å². The van der Waals surface area contributed by atoms with Crippen LogP contribution in [0.15, 0.2) is 36.5 Å². The van der Waals surface area contributed by atoms with Gasteiger partial charge in [-0.2, -0.15) is 13.2 Å². The van der Waals surface area contributed by atoms with E-state index >= 15 is 0 Å². The van der Waals surface area contributed by atoms with Gasteiger partial charge in [0, 0.05) is 35.4 Å². The number of nitrogens with one attached hydrogen (secondary N) is 2. The van der Waals surface area contributed by atoms with Crippen molar-refractivity contribution >= 4 is 29.2 Å². The van der Waals surface area contributed by atoms with E-state index in [0.29, 0.717) is 35.2 Å². The molecule has 3 heterocycles. The molecule has 2 amide bonds. The first kappa shape index (κ1) is 29.7. The van der Waals surface area contributed by atoms with E-state index in [0.717, 1.165) is 12.8 Å². The number of hydrogen-bond acceptors (Lipinski definition) is 7. The Balaban J connectivity index is 1.36. The number of fused-ring (bicyclic) bond motifs is 2. The molecule has 9 nitrogen and oxygen atoms in total. The molecule has 13 heteroatoms. The molecule has 0 unspecified atom stereocenters. The number of halogens is 4. The largest absolute Gasteiger partial charge is 0.487 e. The number of aliphatic hydroxyl groups excluding tert-OH is 1. The Morgan fingerprint density at radius 2 is 1.82 bits per heavy atom. The van der Waals surface area contributed by atoms with Crippen molar-refractivity contribution in [2.45, 2.75) is 69.4 Å². The summed E-state index contributed by atoms with van der Waals surface area (Å²) in [6.07, 6.45) is -0.0366. The van der Waals surface area contributed by atoms with Gasteiger partial charge in [-0.25, -0.2) is 4.98 Å². The second kappa shape index (κ2) is 12.1. The van der Waals surface area contributed by atoms with Gasteiger partial charge in [0.05, 0.1) is 12.2 Å². The normalized spacial score (nSPS) is 20.7. The zero-order valence-corrected chi connectivity index (χ0v) is 22.9. The molecule has 0 radical (unpaired) electrons. The predicted octanol–water partition coefficient (Wildman–Crippen LogP) is 3.87. The molecule has 0 spiro atoms. The third-order valence-electron chi connectivity index (χ3n) is 6.96. The second-order valence-corrected chi connectivity index (χ2v) is 10.8. The summed E-state index contributed by atoms with van der Waals surface area (Å²) in [6, 6.07) is 8.04. The highest BCUT2D eigenvalue weighted by Crippen LogP contribution is 2.39. The molecule has 4 rings (SSSR count). The van der Waals surface area contributed by atoms with Crippen molar-refractivity contribution in [2.24, 2.45) is 0 Å². The number of ether oxygens (including phenoxy) is 2. The van der Waals surface area contributed by atoms with Crippen molar-refractivity contribution in [1.29, 1.82) is 0 Å². The molecule has 1 aromatic heterocycles. The smallest absolute Gasteiger partial charge is 0.405 e. The molecule has 2 fully saturated rings. The van der Waals surface area contributed by atoms with Gasteiger partial charge in [-0.3, -0.25) is 9.59 Å². The van der Waals surface area contributed by atoms with E-state index in [1.54, 1.807) is 38.1 Å². The fraction of sp³-hybridized carbons (Fsp3) is 0.519. The van der Waals surface area contributed by atoms with Crippen LogP contribution in [0.5, 0.6) is 11.5 Å². The fourth-order valence-corrected chi connectivity index (χ4v) is 5.30. The SMILES string of the molecule is CC(C)(Oc1ccc(Cl)cc1OCCO)C(=O)N[C@H]1C[C@H]2CC[C@@H](C1)N2c1ccc(C(=O)NCC(F)(F)F)cn1. The molecular weight excluding hydrogens is 553 g/mol. The lowest BCUT2D eigenvalue weighted by Gasteiger charge is -2.40. The fourth-order valence-electron chi connectivity index (χ4n) is 5.14. The van der Waals surface area contributed by atoms with Gasteiger partial charge in [-0.05, 0) is 63.8 Å². The summed E-state index contributed by atoms with van der Waals surface area (Å²) in [7, 11) is 0. The Labute approximate surface area is 235 Å². The number of hydrogen-bond donors (Lipinski definition) is 3. The first-order valence-electron chi connectivity index (χ1n) is 13.0. The van der Waals surface area contributed by atoms with Gasteiger partial charge in [-0.15, -0.1) is 0 Å². The summed E-state index contributed by atoms with van der Waals surface area (Å²) in [5.41, 5.74) is -1.18. The van der Waals surface area contributed by atoms with Gasteiger partial charge in [0.2, 0.25) is 0 Å². The van der Waals surface area contributed by atoms with Crippen molar-refractivity contribution in [3.8, 4) is 11.5 Å². The molecule has 0 saturated carbocycles. The van der Waals surface area contributed by atoms with Crippen LogP contribution in [0.25, 0.3) is 0 Å². The number of carbonyl (C=O) groups is 2. The number of benzene rings is 1. The van der Waals surface area contributed by atoms with E-state index in [9.17, 15) is 22.8 Å². The third kappa shape index (κ3) is 7.28. The van der Waals surface area contributed by atoms with Crippen LogP contribution in [0.4, 0.5) is 19.0 Å². The number of amides is 2. The Hall–Kier alpha value is -3.25. The summed E-state index contributed by atoms with van der Waals surface area (Å²) in [6.45, 7) is 1.78. The van der Waals surface area contributed by atoms with E-state index in [1.165, 1.54) is 12.3 Å². The van der Waals surface area contributed by atoms with Gasteiger partial charge < -0.3 is 30.1 Å². The summed E-state index contributed by atoms with van der Waals surface area (Å²) >= 11 is 6.06. The van der Waals surface area contributed by atoms with Crippen molar-refractivity contribution in [3.05, 3.63) is 47.1 Å². The minimum Gasteiger partial charge on any atom is -0.487 e. The number of piperidine rings is 1. The summed E-state index contributed by atoms with van der Waals surface area (Å²) < 4.78 is 48.7. The molecular formula is C27H32ClF3N4O5. The molecule has 218 valence electrons. The number of carbonyl (C=O) groups excluding carboxylic acids is 2. The van der Waals surface area contributed by atoms with Crippen molar-refractivity contribution in [1.82, 2.24) is 15.6 Å². The first-order chi connectivity index (χ1) is 18.9. The summed E-state index contributed by atoms with van der Waals surface area (Å²) in [4.78, 5) is 31.8. The maximum Gasteiger partial charge on any atom is 0.405 e. The van der Waals surface area contributed by atoms with Crippen molar-refractivity contribution in [3.63, 3.8) is 0 Å². The first-order valence-corrected chi connectivity index (χ1v) is 13.4. The highest BCUT2D eigenvalue weighted by molar-refractivity contribution is 6.30. The molecule has 2 aliphatic rings. The Bertz CT molecular complexity index is 1200. The lowest BCUT2D eigenvalue weighted by molar-refractivity contribution is -0.135. The molecule has 2 bridgehead atoms. The highest BCUT2D eigenvalue weighted by atomic mass is 35.5. The molecule has 0 aliphatic carbocycles. The van der Waals surface area contributed by atoms with Crippen molar-refractivity contribution < 1.29 is 37.3 Å². The third-order valence-corrected chi connectivity index (χ3v) is 7.19. The average Bonchev–Trinajstić information content (AvgIpc) is 3.16. The topological polar surface area (TPSA) is 113 Å². The maximum atomic E-state index is 13.3. The second-order valence-electron chi connectivity index (χ2n) is 10.4. The number of aliphatic hydroxyl groups is 1. The van der Waals surface area contributed by atoms with E-state index < -0.39 is 24.2 Å². The molecule has 2 saturated heterocycles. The van der Waals surface area contributed by atoms with Gasteiger partial charge in [0.1, 0.15) is 19.0 Å². The van der Waals surface area contributed by atoms with Crippen LogP contribution in [-0.4, -0.2) is 71.6 Å². The number of nitrogens with zero attached hydrogens (tertiary/aromatic N) is 2. The average molecular weight is 585 g/mol. The van der Waals surface area contributed by atoms with E-state index in [2.05, 4.69) is 15.2 Å². The molecule has 2 aromatic rings. The number of pyridine rings is 1. The molecule has 3 N–H and O–H groups in total. The maximum absolute atomic E-state index is 13.3. The monoisotopic (exact) mass is 584 g/mol. The number of anilines is 1. The zero-order chi connectivity index (χ0) is 29.1. The summed E-state index contributed by atoms with van der Waals surface area (Å²) in [5.74, 6) is 0.170. The van der Waals surface area contributed by atoms with Crippen LogP contribution in [0.2, 0.25) is 5.02 Å². The van der Waals surface area contributed by atoms with Crippen LogP contribution in [0, 0.1) is 0 Å². The Kier molecular flexibility index (Phi) is 8.99. The van der Waals surface area contributed by atoms with E-state index in [1.807, 2.05) is 5.32 Å². The minimum atomic E-state index is -4.49. The summed E-state index contributed by atoms with van der Waals surface area (Å²) in [5, 5.41) is 14.5. The highest BCUT2D eigenvalue weighted by Gasteiger charge is 2.43. The van der Waals surface area contributed by atoms with E-state index in [4.69, 9.17) is 26.2 Å². The Morgan fingerprint density at radius 1 is 1.12 bits per heavy atom. The van der Waals surface area contributed by atoms with Crippen LogP contribution in [0.3, 0.4) is 0 Å². The lowest BCUT2D eigenvalue weighted by Crippen LogP contribution is -2.55. The van der Waals surface area contributed by atoms with Crippen LogP contribution < -0.4 is 25.0 Å². The number of rotatable bonds is 10. The van der Waals surface area contributed by atoms with Gasteiger partial charge in [0.15, 0.2) is 17.1 Å². The standard InChI is InChI=1S/C27H32ClF3N4O5/c1-26(2,40-21-7-4-17(28)11-22(21)39-10-9-36)25(38)34-18-12-19-5-6-20(13-18)35(19)23-8-3-16(14-32-23)24(37)33-15-27(29,30)31/h3-4,7-8,11,14,18-20,36H,5-6,9-10,12-13,15H2,1-2H3,(H,33,37)(H,34,38)/t18-,19+,20-. The van der Waals surface area contributed by atoms with Gasteiger partial charge in [0.25, 0.3) is 11.8 Å². The lowest BCUT2D eigenvalue weighted by atomic mass is 9.96. The van der Waals surface area contributed by atoms with Gasteiger partial charge in [-0.1, -0.05) is 11.6 Å². The van der Waals surface area contributed by atoms with E-state index in [-0.39, 0.29) is 42.8 Å². The zero-order valence-electron chi connectivity index (χ0n) is 22.1. The van der Waals surface area contributed by atoms with Crippen LogP contribution in [-0.2, 0) is 4.79 Å². The Morgan fingerprint density at radius 3 is 2.42 bits per heavy atom. The molecule has 2 aliphatic heterocycles.